The first-order chi connectivity index (χ1) is 15.2. The predicted molar refractivity (Wildman–Crippen MR) is 130 cm³/mol. The molecule has 0 atom stereocenters. The van der Waals surface area contributed by atoms with E-state index in [1.54, 1.807) is 23.1 Å². The van der Waals surface area contributed by atoms with Crippen LogP contribution in [0, 0.1) is 5.82 Å². The summed E-state index contributed by atoms with van der Waals surface area (Å²) in [4.78, 5) is 22.6. The van der Waals surface area contributed by atoms with E-state index in [4.69, 9.17) is 0 Å². The Hall–Kier alpha value is -2.01. The van der Waals surface area contributed by atoms with Gasteiger partial charge in [0.25, 0.3) is 0 Å². The van der Waals surface area contributed by atoms with Crippen molar-refractivity contribution in [1.82, 2.24) is 9.88 Å². The average molecular weight is 496 g/mol. The Balaban J connectivity index is 1.89. The lowest BCUT2D eigenvalue weighted by atomic mass is 10.3. The van der Waals surface area contributed by atoms with Crippen LogP contribution >= 0.6 is 23.1 Å². The smallest absolute Gasteiger partial charge is 0.239 e. The fraction of sp³-hybridized carbons (Fsp3) is 0.364. The van der Waals surface area contributed by atoms with Crippen LogP contribution in [-0.4, -0.2) is 62.4 Å². The van der Waals surface area contributed by atoms with Crippen LogP contribution in [0.2, 0.25) is 0 Å². The summed E-state index contributed by atoms with van der Waals surface area (Å²) in [6.45, 7) is 6.97. The summed E-state index contributed by atoms with van der Waals surface area (Å²) >= 11 is 2.64. The summed E-state index contributed by atoms with van der Waals surface area (Å²) in [6, 6.07) is 11.1. The van der Waals surface area contributed by atoms with E-state index >= 15 is 0 Å². The molecule has 0 spiro atoms. The molecule has 1 amide bonds. The largest absolute Gasteiger partial charge is 0.302 e. The zero-order valence-corrected chi connectivity index (χ0v) is 20.7. The molecule has 1 aromatic heterocycles. The van der Waals surface area contributed by atoms with Crippen molar-refractivity contribution in [3.63, 3.8) is 0 Å². The number of fused-ring (bicyclic) bond motifs is 1. The number of hydrogen-bond donors (Lipinski definition) is 0. The van der Waals surface area contributed by atoms with Gasteiger partial charge in [-0.1, -0.05) is 31.3 Å². The number of halogens is 1. The second-order valence-electron chi connectivity index (χ2n) is 7.19. The lowest BCUT2D eigenvalue weighted by Gasteiger charge is -2.24. The van der Waals surface area contributed by atoms with Crippen molar-refractivity contribution < 1.29 is 17.6 Å². The molecule has 1 heterocycles. The van der Waals surface area contributed by atoms with Gasteiger partial charge >= 0.3 is 0 Å². The van der Waals surface area contributed by atoms with E-state index in [0.717, 1.165) is 28.9 Å². The van der Waals surface area contributed by atoms with E-state index < -0.39 is 9.84 Å². The molecule has 172 valence electrons. The van der Waals surface area contributed by atoms with E-state index in [0.29, 0.717) is 23.7 Å². The van der Waals surface area contributed by atoms with Crippen LogP contribution in [0.3, 0.4) is 0 Å². The fourth-order valence-electron chi connectivity index (χ4n) is 3.19. The van der Waals surface area contributed by atoms with Crippen molar-refractivity contribution in [2.75, 3.05) is 43.1 Å². The van der Waals surface area contributed by atoms with Crippen LogP contribution in [0.25, 0.3) is 10.2 Å². The van der Waals surface area contributed by atoms with Gasteiger partial charge in [0.2, 0.25) is 5.91 Å². The molecule has 0 aliphatic carbocycles. The molecule has 3 aromatic rings. The maximum Gasteiger partial charge on any atom is 0.239 e. The highest BCUT2D eigenvalue weighted by Crippen LogP contribution is 2.33. The summed E-state index contributed by atoms with van der Waals surface area (Å²) < 4.78 is 38.2. The minimum atomic E-state index is -3.45. The van der Waals surface area contributed by atoms with Gasteiger partial charge in [0.05, 0.1) is 15.3 Å². The molecule has 0 aliphatic rings. The summed E-state index contributed by atoms with van der Waals surface area (Å²) in [5, 5.41) is 0.480. The van der Waals surface area contributed by atoms with Gasteiger partial charge in [-0.25, -0.2) is 17.8 Å². The lowest BCUT2D eigenvalue weighted by Crippen LogP contribution is -2.39. The van der Waals surface area contributed by atoms with Gasteiger partial charge in [-0.2, -0.15) is 0 Å². The molecule has 2 aromatic carbocycles. The first-order valence-corrected chi connectivity index (χ1v) is 13.9. The summed E-state index contributed by atoms with van der Waals surface area (Å²) in [5.41, 5.74) is 0.391. The van der Waals surface area contributed by atoms with Crippen molar-refractivity contribution in [2.45, 2.75) is 23.6 Å². The van der Waals surface area contributed by atoms with Crippen molar-refractivity contribution in [2.24, 2.45) is 0 Å². The van der Waals surface area contributed by atoms with E-state index in [2.05, 4.69) is 23.7 Å². The number of likely N-dealkylation sites (N-methyl/N-ethyl adjacent to an activating group) is 1. The van der Waals surface area contributed by atoms with Gasteiger partial charge in [-0.05, 0) is 49.5 Å². The number of sulfone groups is 1. The molecule has 0 radical (unpaired) electrons. The topological polar surface area (TPSA) is 70.6 Å². The zero-order valence-electron chi connectivity index (χ0n) is 18.2. The molecular weight excluding hydrogens is 469 g/mol. The SMILES string of the molecule is CCN(CC)CCN(C(=O)CSc1ccc(F)cc1)c1nc2c(S(C)(=O)=O)cccc2s1. The average Bonchev–Trinajstić information content (AvgIpc) is 3.19. The third-order valence-corrected chi connectivity index (χ3v) is 8.18. The van der Waals surface area contributed by atoms with Crippen LogP contribution in [0.15, 0.2) is 52.3 Å². The number of hydrogen-bond acceptors (Lipinski definition) is 7. The number of carbonyl (C=O) groups excluding carboxylic acids is 1. The second-order valence-corrected chi connectivity index (χ2v) is 11.2. The first kappa shape index (κ1) is 24.6. The van der Waals surface area contributed by atoms with E-state index in [1.807, 2.05) is 6.07 Å². The number of thioether (sulfide) groups is 1. The Morgan fingerprint density at radius 2 is 1.78 bits per heavy atom. The van der Waals surface area contributed by atoms with Crippen LogP contribution in [0.5, 0.6) is 0 Å². The Morgan fingerprint density at radius 3 is 2.41 bits per heavy atom. The van der Waals surface area contributed by atoms with Crippen molar-refractivity contribution in [3.05, 3.63) is 48.3 Å². The summed E-state index contributed by atoms with van der Waals surface area (Å²) in [6.07, 6.45) is 1.16. The third-order valence-electron chi connectivity index (χ3n) is 5.01. The van der Waals surface area contributed by atoms with Crippen molar-refractivity contribution >= 4 is 54.2 Å². The molecule has 32 heavy (non-hydrogen) atoms. The molecule has 0 saturated heterocycles. The van der Waals surface area contributed by atoms with Gasteiger partial charge in [0, 0.05) is 24.2 Å². The number of rotatable bonds is 10. The standard InChI is InChI=1S/C22H26FN3O3S3/c1-4-25(5-2)13-14-26(20(27)15-30-17-11-9-16(23)10-12-17)22-24-21-18(31-22)7-6-8-19(21)32(3,28)29/h6-12H,4-5,13-15H2,1-3H3. The maximum atomic E-state index is 13.2. The van der Waals surface area contributed by atoms with Gasteiger partial charge in [0.1, 0.15) is 11.3 Å². The molecule has 0 aliphatic heterocycles. The lowest BCUT2D eigenvalue weighted by molar-refractivity contribution is -0.116. The number of carbonyl (C=O) groups is 1. The van der Waals surface area contributed by atoms with Crippen molar-refractivity contribution in [1.29, 1.82) is 0 Å². The van der Waals surface area contributed by atoms with E-state index in [9.17, 15) is 17.6 Å². The van der Waals surface area contributed by atoms with Crippen LogP contribution in [-0.2, 0) is 14.6 Å². The predicted octanol–water partition coefficient (Wildman–Crippen LogP) is 4.31. The highest BCUT2D eigenvalue weighted by Gasteiger charge is 2.23. The Kier molecular flexibility index (Phi) is 8.26. The molecule has 10 heteroatoms. The Bertz CT molecular complexity index is 1180. The Morgan fingerprint density at radius 1 is 1.09 bits per heavy atom. The van der Waals surface area contributed by atoms with E-state index in [-0.39, 0.29) is 22.4 Å². The van der Waals surface area contributed by atoms with Crippen LogP contribution in [0.1, 0.15) is 13.8 Å². The number of para-hydroxylation sites is 1. The molecule has 0 unspecified atom stereocenters. The second kappa shape index (κ2) is 10.7. The van der Waals surface area contributed by atoms with Gasteiger partial charge in [-0.15, -0.1) is 11.8 Å². The molecule has 0 N–H and O–H groups in total. The van der Waals surface area contributed by atoms with Gasteiger partial charge < -0.3 is 4.90 Å². The molecule has 0 fully saturated rings. The number of amides is 1. The van der Waals surface area contributed by atoms with Gasteiger partial charge in [-0.3, -0.25) is 9.69 Å². The van der Waals surface area contributed by atoms with Crippen molar-refractivity contribution in [3.8, 4) is 0 Å². The molecule has 0 saturated carbocycles. The van der Waals surface area contributed by atoms with E-state index in [1.165, 1.54) is 41.3 Å². The number of nitrogens with zero attached hydrogens (tertiary/aromatic N) is 3. The molecular formula is C22H26FN3O3S3. The monoisotopic (exact) mass is 495 g/mol. The third kappa shape index (κ3) is 6.06. The highest BCUT2D eigenvalue weighted by molar-refractivity contribution is 8.00. The van der Waals surface area contributed by atoms with Gasteiger partial charge in [0.15, 0.2) is 15.0 Å². The fourth-order valence-corrected chi connectivity index (χ4v) is 5.90. The highest BCUT2D eigenvalue weighted by atomic mass is 32.2. The zero-order chi connectivity index (χ0) is 23.3. The summed E-state index contributed by atoms with van der Waals surface area (Å²) in [7, 11) is -3.45. The molecule has 0 bridgehead atoms. The maximum absolute atomic E-state index is 13.2. The minimum absolute atomic E-state index is 0.133. The normalized spacial score (nSPS) is 11.9. The first-order valence-electron chi connectivity index (χ1n) is 10.2. The number of aromatic nitrogens is 1. The number of benzene rings is 2. The number of thiazole rings is 1. The minimum Gasteiger partial charge on any atom is -0.302 e. The quantitative estimate of drug-likeness (QED) is 0.391. The summed E-state index contributed by atoms with van der Waals surface area (Å²) in [5.74, 6) is -0.289. The Labute approximate surface area is 196 Å². The number of anilines is 1. The van der Waals surface area contributed by atoms with Crippen LogP contribution in [0.4, 0.5) is 9.52 Å². The van der Waals surface area contributed by atoms with Crippen LogP contribution < -0.4 is 4.90 Å². The molecule has 3 rings (SSSR count). The molecule has 6 nitrogen and oxygen atoms in total.